The number of carboxylic acid groups (broad SMARTS) is 1. The van der Waals surface area contributed by atoms with E-state index in [-0.39, 0.29) is 55.4 Å². The van der Waals surface area contributed by atoms with Gasteiger partial charge in [0.1, 0.15) is 0 Å². The van der Waals surface area contributed by atoms with Gasteiger partial charge in [-0.05, 0) is 0 Å². The van der Waals surface area contributed by atoms with Gasteiger partial charge in [0.05, 0.1) is 12.6 Å². The van der Waals surface area contributed by atoms with E-state index in [0.29, 0.717) is 0 Å². The quantitative estimate of drug-likeness (QED) is 0.487. The second-order valence-corrected chi connectivity index (χ2v) is 0.530. The number of hydrogen-bond donors (Lipinski definition) is 1. The first kappa shape index (κ1) is 15.7. The molecule has 5 heteroatoms. The molecule has 0 bridgehead atoms. The molecule has 0 amide bonds. The van der Waals surface area contributed by atoms with Gasteiger partial charge >= 0.3 is 29.6 Å². The van der Waals surface area contributed by atoms with E-state index in [2.05, 4.69) is 0 Å². The molecule has 0 aliphatic rings. The molecule has 7 heavy (non-hydrogen) atoms. The van der Waals surface area contributed by atoms with Gasteiger partial charge in [-0.25, -0.2) is 0 Å². The third kappa shape index (κ3) is 18.8. The summed E-state index contributed by atoms with van der Waals surface area (Å²) in [4.78, 5) is 9.01. The summed E-state index contributed by atoms with van der Waals surface area (Å²) >= 11 is 0. The Balaban J connectivity index is -0.0000000800. The van der Waals surface area contributed by atoms with Gasteiger partial charge in [0, 0.05) is 25.8 Å². The second kappa shape index (κ2) is 10.3. The number of carbonyl (C=O) groups is 1. The van der Waals surface area contributed by atoms with Crippen LogP contribution in [0.1, 0.15) is 0 Å². The maximum Gasteiger partial charge on any atom is 1.00 e. The van der Waals surface area contributed by atoms with Crippen molar-refractivity contribution >= 4 is 5.97 Å². The van der Waals surface area contributed by atoms with Gasteiger partial charge in [-0.15, -0.1) is 0 Å². The zero-order valence-corrected chi connectivity index (χ0v) is 9.56. The van der Waals surface area contributed by atoms with Crippen molar-refractivity contribution in [3.8, 4) is 0 Å². The topological polar surface area (TPSA) is 60.4 Å². The molecule has 0 unspecified atom stereocenters. The van der Waals surface area contributed by atoms with E-state index in [1.807, 2.05) is 0 Å². The number of hydrogen-bond acceptors (Lipinski definition) is 3. The van der Waals surface area contributed by atoms with Crippen molar-refractivity contribution < 1.29 is 70.4 Å². The van der Waals surface area contributed by atoms with Crippen molar-refractivity contribution in [3.05, 3.63) is 0 Å². The summed E-state index contributed by atoms with van der Waals surface area (Å²) in [6.45, 7) is -0.889. The maximum atomic E-state index is 9.01. The summed E-state index contributed by atoms with van der Waals surface area (Å²) in [5.74, 6) is -1.44. The van der Waals surface area contributed by atoms with Crippen LogP contribution in [0.2, 0.25) is 0 Å². The fraction of sp³-hybridized carbons (Fsp3) is 0.500. The Morgan fingerprint density at radius 2 is 1.86 bits per heavy atom. The number of aliphatic carboxylic acids is 1. The smallest absolute Gasteiger partial charge is 0.548 e. The van der Waals surface area contributed by atoms with E-state index >= 15 is 0 Å². The fourth-order valence-corrected chi connectivity index (χ4v) is 0. The molecular formula is C2H3HfNaO3. The summed E-state index contributed by atoms with van der Waals surface area (Å²) in [6, 6.07) is 0. The van der Waals surface area contributed by atoms with Crippen molar-refractivity contribution in [2.45, 2.75) is 0 Å². The van der Waals surface area contributed by atoms with Crippen LogP contribution in [0.5, 0.6) is 0 Å². The third-order valence-corrected chi connectivity index (χ3v) is 0.129. The van der Waals surface area contributed by atoms with Crippen LogP contribution < -0.4 is 34.7 Å². The molecule has 1 N–H and O–H groups in total. The van der Waals surface area contributed by atoms with E-state index in [0.717, 1.165) is 0 Å². The Bertz CT molecular complexity index is 48.2. The van der Waals surface area contributed by atoms with Crippen LogP contribution in [0.3, 0.4) is 0 Å². The fourth-order valence-electron chi connectivity index (χ4n) is 0. The van der Waals surface area contributed by atoms with Crippen molar-refractivity contribution in [2.24, 2.45) is 0 Å². The molecular weight excluding hydrogens is 273 g/mol. The minimum atomic E-state index is -1.44. The zero-order valence-electron chi connectivity index (χ0n) is 3.97. The van der Waals surface area contributed by atoms with Crippen LogP contribution in [-0.4, -0.2) is 17.7 Å². The molecule has 0 atom stereocenters. The Morgan fingerprint density at radius 1 is 1.71 bits per heavy atom. The van der Waals surface area contributed by atoms with Crippen molar-refractivity contribution in [1.82, 2.24) is 0 Å². The number of rotatable bonds is 1. The minimum absolute atomic E-state index is 0. The molecule has 0 saturated heterocycles. The Kier molecular flexibility index (Phi) is 23.2. The monoisotopic (exact) mass is 278 g/mol. The van der Waals surface area contributed by atoms with Crippen molar-refractivity contribution in [2.75, 3.05) is 6.61 Å². The molecule has 0 aromatic carbocycles. The van der Waals surface area contributed by atoms with Gasteiger partial charge in [-0.2, -0.15) is 0 Å². The van der Waals surface area contributed by atoms with Gasteiger partial charge in [0.15, 0.2) is 0 Å². The molecule has 0 rings (SSSR count). The second-order valence-electron chi connectivity index (χ2n) is 0.530. The molecule has 3 nitrogen and oxygen atoms in total. The summed E-state index contributed by atoms with van der Waals surface area (Å²) in [5.41, 5.74) is 0. The Morgan fingerprint density at radius 3 is 1.86 bits per heavy atom. The first-order valence-corrected chi connectivity index (χ1v) is 1.08. The zero-order chi connectivity index (χ0) is 4.28. The largest absolute Gasteiger partial charge is 1.00 e. The standard InChI is InChI=1S/C2H4O3.Hf.Na/c3-1-2(4)5;;/h3H,1H2,(H,4,5);;/q;;+1/p-1. The molecule has 0 aliphatic carbocycles. The molecule has 0 aliphatic heterocycles. The van der Waals surface area contributed by atoms with Gasteiger partial charge in [0.25, 0.3) is 0 Å². The SMILES string of the molecule is O=C([O-])CO.[Hf].[Na+]. The predicted octanol–water partition coefficient (Wildman–Crippen LogP) is -5.27. The van der Waals surface area contributed by atoms with Crippen LogP contribution in [0.4, 0.5) is 0 Å². The minimum Gasteiger partial charge on any atom is -0.548 e. The van der Waals surface area contributed by atoms with E-state index in [1.165, 1.54) is 0 Å². The van der Waals surface area contributed by atoms with E-state index in [1.54, 1.807) is 0 Å². The Hall–Kier alpha value is 1.30. The van der Waals surface area contributed by atoms with E-state index < -0.39 is 12.6 Å². The maximum absolute atomic E-state index is 9.01. The molecule has 0 radical (unpaired) electrons. The first-order chi connectivity index (χ1) is 2.27. The molecule has 0 heterocycles. The number of carboxylic acids is 1. The van der Waals surface area contributed by atoms with Crippen molar-refractivity contribution in [1.29, 1.82) is 0 Å². The first-order valence-electron chi connectivity index (χ1n) is 1.08. The molecule has 0 aromatic heterocycles. The van der Waals surface area contributed by atoms with E-state index in [9.17, 15) is 0 Å². The van der Waals surface area contributed by atoms with E-state index in [4.69, 9.17) is 15.0 Å². The predicted molar refractivity (Wildman–Crippen MR) is 12.1 cm³/mol. The Labute approximate surface area is 82.2 Å². The summed E-state index contributed by atoms with van der Waals surface area (Å²) < 4.78 is 0. The van der Waals surface area contributed by atoms with Gasteiger partial charge in [-0.1, -0.05) is 0 Å². The summed E-state index contributed by atoms with van der Waals surface area (Å²) in [5, 5.41) is 16.5. The third-order valence-electron chi connectivity index (χ3n) is 0.129. The van der Waals surface area contributed by atoms with Crippen molar-refractivity contribution in [3.63, 3.8) is 0 Å². The number of carbonyl (C=O) groups excluding carboxylic acids is 1. The van der Waals surface area contributed by atoms with Crippen LogP contribution in [-0.2, 0) is 30.6 Å². The van der Waals surface area contributed by atoms with Gasteiger partial charge in [0.2, 0.25) is 0 Å². The van der Waals surface area contributed by atoms with Gasteiger partial charge in [-0.3, -0.25) is 0 Å². The number of aliphatic hydroxyl groups excluding tert-OH is 1. The van der Waals surface area contributed by atoms with Gasteiger partial charge < -0.3 is 15.0 Å². The molecule has 0 aromatic rings. The average molecular weight is 277 g/mol. The molecule has 0 saturated carbocycles. The van der Waals surface area contributed by atoms with Crippen LogP contribution >= 0.6 is 0 Å². The molecule has 0 fully saturated rings. The molecule has 34 valence electrons. The summed E-state index contributed by atoms with van der Waals surface area (Å²) in [7, 11) is 0. The van der Waals surface area contributed by atoms with Crippen LogP contribution in [0.25, 0.3) is 0 Å². The molecule has 0 spiro atoms. The van der Waals surface area contributed by atoms with Crippen LogP contribution in [0.15, 0.2) is 0 Å². The van der Waals surface area contributed by atoms with Crippen LogP contribution in [0, 0.1) is 0 Å². The normalized spacial score (nSPS) is 5.29. The average Bonchev–Trinajstić information content (AvgIpc) is 1.38. The summed E-state index contributed by atoms with van der Waals surface area (Å²) in [6.07, 6.45) is 0. The number of aliphatic hydroxyl groups is 1.